The number of rotatable bonds is 15. The van der Waals surface area contributed by atoms with Crippen LogP contribution in [0.3, 0.4) is 0 Å². The van der Waals surface area contributed by atoms with E-state index in [1.165, 1.54) is 192 Å². The molecule has 0 radical (unpaired) electrons. The molecule has 0 atom stereocenters. The fraction of sp³-hybridized carbons (Fsp3) is 0.542. The topological polar surface area (TPSA) is 15.5 Å². The summed E-state index contributed by atoms with van der Waals surface area (Å²) in [5.41, 5.74) is 29.0. The second kappa shape index (κ2) is 33.9. The molecule has 12 rings (SSSR count). The van der Waals surface area contributed by atoms with E-state index in [1.54, 1.807) is 43.0 Å². The van der Waals surface area contributed by atoms with Gasteiger partial charge >= 0.3 is 0 Å². The third-order valence-corrected chi connectivity index (χ3v) is 32.3. The summed E-state index contributed by atoms with van der Waals surface area (Å²) in [5.74, 6) is 4.37. The Morgan fingerprint density at radius 2 is 0.625 bits per heavy atom. The van der Waals surface area contributed by atoms with Crippen molar-refractivity contribution in [3.63, 3.8) is 0 Å². The van der Waals surface area contributed by atoms with Gasteiger partial charge in [-0.2, -0.15) is 0 Å². The lowest BCUT2D eigenvalue weighted by Gasteiger charge is -2.24. The first-order valence-corrected chi connectivity index (χ1v) is 55.2. The summed E-state index contributed by atoms with van der Waals surface area (Å²) in [7, 11) is 3.36. The first kappa shape index (κ1) is 82.4. The molecule has 0 N–H and O–H groups in total. The van der Waals surface area contributed by atoms with Gasteiger partial charge in [0.05, 0.1) is 32.3 Å². The van der Waals surface area contributed by atoms with Gasteiger partial charge in [0.25, 0.3) is 0 Å². The molecule has 8 heteroatoms. The van der Waals surface area contributed by atoms with Gasteiger partial charge in [-0.1, -0.05) is 232 Å². The van der Waals surface area contributed by atoms with E-state index in [4.69, 9.17) is 0 Å². The van der Waals surface area contributed by atoms with Crippen molar-refractivity contribution in [3.8, 4) is 45.0 Å². The third-order valence-electron chi connectivity index (χ3n) is 24.1. The number of aryl methyl sites for hydroxylation is 9. The summed E-state index contributed by atoms with van der Waals surface area (Å²) < 4.78 is 9.56. The number of hydrogen-bond donors (Lipinski definition) is 0. The molecule has 4 aromatic heterocycles. The molecule has 4 aromatic carbocycles. The van der Waals surface area contributed by atoms with Gasteiger partial charge in [0.1, 0.15) is 28.2 Å². The minimum atomic E-state index is -1.41. The molecule has 0 bridgehead atoms. The Labute approximate surface area is 640 Å². The molecule has 4 fully saturated rings. The highest BCUT2D eigenvalue weighted by Gasteiger charge is 2.36. The molecule has 0 amide bonds. The molecule has 8 aromatic rings. The zero-order valence-corrected chi connectivity index (χ0v) is 75.3. The molecule has 4 nitrogen and oxygen atoms in total. The SMILES string of the molecule is Cc1ccc(C(C)(C)C)cc1-c1cc([Si](C)(C)C)c(C2CCCC2)c[n+]1C.Cc1ccc(C(C)C)cc1-c1cc([Si](C)(C)C)c(C2CCCC2)c[n+]1C.Cc1ccc(C)c(-c2cc([Si](C)(C)C)c(C3CCCC3)c[n+]2C)c1.Cc1ccc(CC(C)C)cc1-c1cc([Si](C)(C)C)c(C2CCCC2)c[n+]1C. The number of aromatic nitrogens is 4. The number of hydrogen-bond acceptors (Lipinski definition) is 0. The molecule has 0 unspecified atom stereocenters. The summed E-state index contributed by atoms with van der Waals surface area (Å²) in [5, 5.41) is 6.69. The van der Waals surface area contributed by atoms with Gasteiger partial charge in [0.15, 0.2) is 24.8 Å². The van der Waals surface area contributed by atoms with Crippen LogP contribution in [0.15, 0.2) is 122 Å². The van der Waals surface area contributed by atoms with E-state index >= 15 is 0 Å². The molecule has 104 heavy (non-hydrogen) atoms. The monoisotopic (exact) mass is 1470 g/mol. The van der Waals surface area contributed by atoms with Crippen LogP contribution in [0.1, 0.15) is 248 Å². The number of benzene rings is 4. The summed E-state index contributed by atoms with van der Waals surface area (Å²) in [6.07, 6.45) is 33.2. The zero-order chi connectivity index (χ0) is 76.3. The average molecular weight is 1470 g/mol. The second-order valence-corrected chi connectivity index (χ2v) is 59.2. The lowest BCUT2D eigenvalue weighted by atomic mass is 9.84. The third kappa shape index (κ3) is 20.2. The van der Waals surface area contributed by atoms with Crippen molar-refractivity contribution >= 4 is 53.0 Å². The molecule has 4 aliphatic rings. The van der Waals surface area contributed by atoms with Crippen molar-refractivity contribution < 1.29 is 18.3 Å². The lowest BCUT2D eigenvalue weighted by molar-refractivity contribution is -0.660. The zero-order valence-electron chi connectivity index (χ0n) is 71.3. The van der Waals surface area contributed by atoms with Crippen LogP contribution in [-0.2, 0) is 40.0 Å². The van der Waals surface area contributed by atoms with Crippen molar-refractivity contribution in [2.24, 2.45) is 34.1 Å². The molecule has 560 valence electrons. The van der Waals surface area contributed by atoms with Crippen molar-refractivity contribution in [3.05, 3.63) is 189 Å². The van der Waals surface area contributed by atoms with E-state index in [1.807, 2.05) is 0 Å². The smallest absolute Gasteiger partial charge is 0.201 e. The largest absolute Gasteiger partial charge is 0.212 e. The average Bonchev–Trinajstić information content (AvgIpc) is 1.07. The normalized spacial score (nSPS) is 15.9. The Kier molecular flexibility index (Phi) is 26.8. The van der Waals surface area contributed by atoms with Gasteiger partial charge in [0.2, 0.25) is 22.8 Å². The first-order chi connectivity index (χ1) is 48.6. The van der Waals surface area contributed by atoms with Gasteiger partial charge < -0.3 is 0 Å². The molecule has 0 aliphatic heterocycles. The summed E-state index contributed by atoms with van der Waals surface area (Å²) >= 11 is 0. The maximum atomic E-state index is 2.56. The second-order valence-electron chi connectivity index (χ2n) is 39.1. The Balaban J connectivity index is 0.000000161. The first-order valence-electron chi connectivity index (χ1n) is 41.2. The van der Waals surface area contributed by atoms with Crippen LogP contribution in [0.2, 0.25) is 78.6 Å². The van der Waals surface area contributed by atoms with Gasteiger partial charge in [0, 0.05) is 68.8 Å². The van der Waals surface area contributed by atoms with Crippen LogP contribution < -0.4 is 39.0 Å². The predicted octanol–water partition coefficient (Wildman–Crippen LogP) is 22.7. The van der Waals surface area contributed by atoms with E-state index < -0.39 is 32.3 Å². The Hall–Kier alpha value is -5.65. The molecule has 4 heterocycles. The predicted molar refractivity (Wildman–Crippen MR) is 464 cm³/mol. The van der Waals surface area contributed by atoms with Crippen LogP contribution in [0.4, 0.5) is 0 Å². The summed E-state index contributed by atoms with van der Waals surface area (Å²) in [6, 6.07) is 38.1. The maximum Gasteiger partial charge on any atom is 0.212 e. The van der Waals surface area contributed by atoms with E-state index in [2.05, 4.69) is 330 Å². The summed E-state index contributed by atoms with van der Waals surface area (Å²) in [6.45, 7) is 57.3. The standard InChI is InChI=1S/2C25H38NSi.C24H36NSi.C22H32NSi/c1-18-13-14-20(25(2,3)4)15-21(18)23-16-24(27(6,7)8)22(17-26(23)5)19-11-9-10-12-19;1-18(2)14-20-13-12-19(3)22(15-20)24-16-25(27(5,6)7)23(17-26(24)4)21-10-8-9-11-21;1-17(2)20-13-12-18(3)21(14-20)23-15-24(26(5,6)7)22(16-25(23)4)19-10-8-9-11-19;1-16-11-12-17(2)19(13-16)21-14-22(24(4,5)6)20(15-23(21)3)18-9-7-8-10-18/h13-17,19H,9-12H2,1-8H3;12-13,15-18,21H,8-11,14H2,1-7H3;12-17,19H,8-11H2,1-7H3;11-15,18H,7-10H2,1-6H3/q4*+1. The minimum absolute atomic E-state index is 0.173. The van der Waals surface area contributed by atoms with Crippen LogP contribution >= 0.6 is 0 Å². The maximum absolute atomic E-state index is 2.56. The molecule has 4 saturated carbocycles. The summed E-state index contributed by atoms with van der Waals surface area (Å²) in [4.78, 5) is 0. The number of nitrogens with zero attached hydrogens (tertiary/aromatic N) is 4. The molecule has 4 aliphatic carbocycles. The number of pyridine rings is 4. The van der Waals surface area contributed by atoms with Gasteiger partial charge in [-0.15, -0.1) is 0 Å². The van der Waals surface area contributed by atoms with Gasteiger partial charge in [-0.25, -0.2) is 18.3 Å². The molecular weight excluding hydrogens is 1320 g/mol. The molecular formula is C96H144N4Si4+4. The quantitative estimate of drug-likeness (QED) is 0.0718. The highest BCUT2D eigenvalue weighted by Crippen LogP contribution is 2.40. The van der Waals surface area contributed by atoms with E-state index in [0.29, 0.717) is 11.8 Å². The minimum Gasteiger partial charge on any atom is -0.201 e. The molecule has 0 spiro atoms. The molecule has 0 saturated heterocycles. The van der Waals surface area contributed by atoms with Crippen molar-refractivity contribution in [2.45, 2.75) is 306 Å². The van der Waals surface area contributed by atoms with Gasteiger partial charge in [-0.3, -0.25) is 0 Å². The van der Waals surface area contributed by atoms with Crippen molar-refractivity contribution in [2.75, 3.05) is 0 Å². The van der Waals surface area contributed by atoms with Crippen LogP contribution in [0.5, 0.6) is 0 Å². The Morgan fingerprint density at radius 1 is 0.346 bits per heavy atom. The fourth-order valence-electron chi connectivity index (χ4n) is 17.8. The highest BCUT2D eigenvalue weighted by molar-refractivity contribution is 6.90. The Bertz CT molecular complexity index is 4280. The lowest BCUT2D eigenvalue weighted by Crippen LogP contribution is -2.45. The van der Waals surface area contributed by atoms with Crippen molar-refractivity contribution in [1.29, 1.82) is 0 Å². The van der Waals surface area contributed by atoms with Crippen LogP contribution in [-0.4, -0.2) is 32.3 Å². The van der Waals surface area contributed by atoms with Crippen LogP contribution in [0.25, 0.3) is 45.0 Å². The van der Waals surface area contributed by atoms with E-state index in [0.717, 1.165) is 30.1 Å². The van der Waals surface area contributed by atoms with Gasteiger partial charge in [-0.05, 0) is 217 Å². The van der Waals surface area contributed by atoms with E-state index in [-0.39, 0.29) is 5.41 Å². The Morgan fingerprint density at radius 3 is 0.923 bits per heavy atom. The fourth-order valence-corrected chi connectivity index (χ4v) is 24.6. The van der Waals surface area contributed by atoms with E-state index in [9.17, 15) is 0 Å². The highest BCUT2D eigenvalue weighted by atomic mass is 28.3. The van der Waals surface area contributed by atoms with Crippen molar-refractivity contribution in [1.82, 2.24) is 0 Å². The van der Waals surface area contributed by atoms with Crippen LogP contribution in [0, 0.1) is 40.5 Å².